The summed E-state index contributed by atoms with van der Waals surface area (Å²) in [5, 5.41) is 20.9. The van der Waals surface area contributed by atoms with Gasteiger partial charge in [0.1, 0.15) is 17.4 Å². The molecule has 11 heteroatoms. The molecule has 1 aliphatic heterocycles. The van der Waals surface area contributed by atoms with Gasteiger partial charge in [0.05, 0.1) is 16.7 Å². The summed E-state index contributed by atoms with van der Waals surface area (Å²) >= 11 is 6.10. The number of benzene rings is 1. The zero-order chi connectivity index (χ0) is 28.2. The molecule has 0 spiro atoms. The number of halogens is 1. The van der Waals surface area contributed by atoms with E-state index in [9.17, 15) is 9.59 Å². The number of carbonyl (C=O) groups excluding carboxylic acids is 2. The molecule has 0 bridgehead atoms. The number of anilines is 1. The van der Waals surface area contributed by atoms with E-state index in [1.807, 2.05) is 33.8 Å². The fourth-order valence-corrected chi connectivity index (χ4v) is 5.02. The number of nitrogens with one attached hydrogen (secondary N) is 1. The number of ether oxygens (including phenoxy) is 2. The summed E-state index contributed by atoms with van der Waals surface area (Å²) in [4.78, 5) is 29.1. The van der Waals surface area contributed by atoms with Crippen LogP contribution in [0.25, 0.3) is 0 Å². The van der Waals surface area contributed by atoms with Gasteiger partial charge >= 0.3 is 6.09 Å². The monoisotopic (exact) mass is 554 g/mol. The maximum Gasteiger partial charge on any atom is 0.410 e. The third kappa shape index (κ3) is 7.51. The summed E-state index contributed by atoms with van der Waals surface area (Å²) in [7, 11) is 0. The molecule has 2 fully saturated rings. The van der Waals surface area contributed by atoms with Crippen molar-refractivity contribution in [3.8, 4) is 11.8 Å². The Labute approximate surface area is 234 Å². The predicted octanol–water partition coefficient (Wildman–Crippen LogP) is 4.57. The fourth-order valence-electron chi connectivity index (χ4n) is 4.81. The van der Waals surface area contributed by atoms with Gasteiger partial charge in [-0.25, -0.2) is 4.79 Å². The average molecular weight is 555 g/mol. The molecular weight excluding hydrogens is 520 g/mol. The molecule has 1 atom stereocenters. The molecule has 1 N–H and O–H groups in total. The van der Waals surface area contributed by atoms with Crippen LogP contribution in [0.15, 0.2) is 30.3 Å². The summed E-state index contributed by atoms with van der Waals surface area (Å²) in [5.74, 6) is 1.06. The van der Waals surface area contributed by atoms with Gasteiger partial charge in [-0.1, -0.05) is 11.6 Å². The Morgan fingerprint density at radius 1 is 1.10 bits per heavy atom. The molecule has 2 heterocycles. The van der Waals surface area contributed by atoms with Gasteiger partial charge in [0.25, 0.3) is 5.91 Å². The zero-order valence-corrected chi connectivity index (χ0v) is 23.6. The molecule has 1 aromatic heterocycles. The van der Waals surface area contributed by atoms with Crippen LogP contribution < -0.4 is 15.0 Å². The van der Waals surface area contributed by atoms with Crippen LogP contribution >= 0.6 is 11.6 Å². The van der Waals surface area contributed by atoms with E-state index in [1.54, 1.807) is 35.2 Å². The summed E-state index contributed by atoms with van der Waals surface area (Å²) in [6.45, 7) is 9.26. The Morgan fingerprint density at radius 2 is 1.85 bits per heavy atom. The number of hydrogen-bond donors (Lipinski definition) is 1. The predicted molar refractivity (Wildman–Crippen MR) is 147 cm³/mol. The van der Waals surface area contributed by atoms with Gasteiger partial charge < -0.3 is 24.6 Å². The lowest BCUT2D eigenvalue weighted by Gasteiger charge is -2.40. The molecular formula is C28H35ClN6O4. The minimum absolute atomic E-state index is 0.0272. The van der Waals surface area contributed by atoms with E-state index in [1.165, 1.54) is 0 Å². The molecule has 0 radical (unpaired) electrons. The Hall–Kier alpha value is -3.58. The molecule has 1 aliphatic carbocycles. The highest BCUT2D eigenvalue weighted by Gasteiger charge is 2.31. The molecule has 208 valence electrons. The molecule has 39 heavy (non-hydrogen) atoms. The van der Waals surface area contributed by atoms with E-state index >= 15 is 0 Å². The number of nitrogens with zero attached hydrogens (tertiary/aromatic N) is 5. The Kier molecular flexibility index (Phi) is 8.80. The van der Waals surface area contributed by atoms with E-state index in [4.69, 9.17) is 26.3 Å². The van der Waals surface area contributed by atoms with Crippen LogP contribution in [-0.4, -0.2) is 70.5 Å². The number of rotatable bonds is 5. The first-order valence-electron chi connectivity index (χ1n) is 13.3. The number of nitriles is 1. The van der Waals surface area contributed by atoms with Crippen molar-refractivity contribution in [2.75, 3.05) is 24.5 Å². The second kappa shape index (κ2) is 12.1. The van der Waals surface area contributed by atoms with E-state index in [0.29, 0.717) is 41.8 Å². The van der Waals surface area contributed by atoms with Crippen molar-refractivity contribution in [3.63, 3.8) is 0 Å². The number of piperazine rings is 1. The van der Waals surface area contributed by atoms with Crippen molar-refractivity contribution in [3.05, 3.63) is 46.6 Å². The lowest BCUT2D eigenvalue weighted by atomic mass is 9.93. The van der Waals surface area contributed by atoms with Crippen LogP contribution in [0.3, 0.4) is 0 Å². The lowest BCUT2D eigenvalue weighted by Crippen LogP contribution is -2.55. The van der Waals surface area contributed by atoms with Crippen molar-refractivity contribution in [1.82, 2.24) is 20.4 Å². The number of aromatic nitrogens is 2. The molecule has 2 amide bonds. The molecule has 10 nitrogen and oxygen atoms in total. The lowest BCUT2D eigenvalue weighted by molar-refractivity contribution is 0.0158. The second-order valence-electron chi connectivity index (χ2n) is 11.1. The van der Waals surface area contributed by atoms with E-state index < -0.39 is 5.60 Å². The maximum atomic E-state index is 12.8. The van der Waals surface area contributed by atoms with Crippen molar-refractivity contribution in [1.29, 1.82) is 5.26 Å². The SMILES string of the molecule is C[C@H]1CN(c2ccc(C(=O)NC3CCC(Oc4ccc(C#N)c(Cl)c4)CC3)nn2)CCN1C(=O)OC(C)(C)C. The van der Waals surface area contributed by atoms with E-state index in [0.717, 1.165) is 25.7 Å². The van der Waals surface area contributed by atoms with Crippen LogP contribution in [-0.2, 0) is 4.74 Å². The highest BCUT2D eigenvalue weighted by Crippen LogP contribution is 2.27. The van der Waals surface area contributed by atoms with Crippen LogP contribution in [0.4, 0.5) is 10.6 Å². The van der Waals surface area contributed by atoms with Crippen molar-refractivity contribution in [2.45, 2.75) is 77.2 Å². The minimum atomic E-state index is -0.538. The van der Waals surface area contributed by atoms with E-state index in [-0.39, 0.29) is 35.9 Å². The number of amides is 2. The maximum absolute atomic E-state index is 12.8. The summed E-state index contributed by atoms with van der Waals surface area (Å²) in [6.07, 6.45) is 2.87. The molecule has 2 aliphatic rings. The van der Waals surface area contributed by atoms with Gasteiger partial charge in [-0.15, -0.1) is 10.2 Å². The van der Waals surface area contributed by atoms with Gasteiger partial charge in [-0.2, -0.15) is 5.26 Å². The minimum Gasteiger partial charge on any atom is -0.490 e. The molecule has 1 aromatic carbocycles. The van der Waals surface area contributed by atoms with Gasteiger partial charge in [0.2, 0.25) is 0 Å². The topological polar surface area (TPSA) is 121 Å². The van der Waals surface area contributed by atoms with E-state index in [2.05, 4.69) is 20.4 Å². The molecule has 1 saturated heterocycles. The normalized spacial score (nSPS) is 21.6. The second-order valence-corrected chi connectivity index (χ2v) is 11.5. The first-order chi connectivity index (χ1) is 18.5. The van der Waals surface area contributed by atoms with Crippen LogP contribution in [0.2, 0.25) is 5.02 Å². The van der Waals surface area contributed by atoms with Crippen LogP contribution in [0, 0.1) is 11.3 Å². The largest absolute Gasteiger partial charge is 0.490 e. The Balaban J connectivity index is 1.24. The highest BCUT2D eigenvalue weighted by molar-refractivity contribution is 6.31. The van der Waals surface area contributed by atoms with Gasteiger partial charge in [0, 0.05) is 37.8 Å². The van der Waals surface area contributed by atoms with Crippen LogP contribution in [0.5, 0.6) is 5.75 Å². The number of hydrogen-bond acceptors (Lipinski definition) is 8. The molecule has 4 rings (SSSR count). The molecule has 1 saturated carbocycles. The summed E-state index contributed by atoms with van der Waals surface area (Å²) in [6, 6.07) is 10.6. The zero-order valence-electron chi connectivity index (χ0n) is 22.8. The number of carbonyl (C=O) groups is 2. The third-order valence-electron chi connectivity index (χ3n) is 6.84. The smallest absolute Gasteiger partial charge is 0.410 e. The van der Waals surface area contributed by atoms with Crippen molar-refractivity contribution < 1.29 is 19.1 Å². The summed E-state index contributed by atoms with van der Waals surface area (Å²) in [5.41, 5.74) is 0.149. The molecule has 2 aromatic rings. The molecule has 0 unspecified atom stereocenters. The Bertz CT molecular complexity index is 1220. The van der Waals surface area contributed by atoms with Crippen molar-refractivity contribution in [2.24, 2.45) is 0 Å². The highest BCUT2D eigenvalue weighted by atomic mass is 35.5. The first kappa shape index (κ1) is 28.4. The van der Waals surface area contributed by atoms with Gasteiger partial charge in [0.15, 0.2) is 11.5 Å². The first-order valence-corrected chi connectivity index (χ1v) is 13.7. The quantitative estimate of drug-likeness (QED) is 0.570. The summed E-state index contributed by atoms with van der Waals surface area (Å²) < 4.78 is 11.5. The van der Waals surface area contributed by atoms with Gasteiger partial charge in [-0.3, -0.25) is 4.79 Å². The fraction of sp³-hybridized carbons (Fsp3) is 0.536. The van der Waals surface area contributed by atoms with Crippen LogP contribution in [0.1, 0.15) is 69.4 Å². The third-order valence-corrected chi connectivity index (χ3v) is 7.15. The standard InChI is InChI=1S/C28H35ClN6O4/c1-18-17-34(13-14-35(18)27(37)39-28(2,3)4)25-12-11-24(32-33-25)26(36)31-20-6-9-21(10-7-20)38-22-8-5-19(16-30)23(29)15-22/h5,8,11-12,15,18,20-21H,6-7,9-10,13-14,17H2,1-4H3,(H,31,36)/t18-,20?,21?/m0/s1. The Morgan fingerprint density at radius 3 is 2.44 bits per heavy atom. The van der Waals surface area contributed by atoms with Crippen molar-refractivity contribution >= 4 is 29.4 Å². The van der Waals surface area contributed by atoms with Gasteiger partial charge in [-0.05, 0) is 77.6 Å². The average Bonchev–Trinajstić information content (AvgIpc) is 2.89.